The number of likely N-dealkylation sites (N-methyl/N-ethyl adjacent to an activating group) is 1. The highest BCUT2D eigenvalue weighted by molar-refractivity contribution is 5.96. The van der Waals surface area contributed by atoms with Crippen molar-refractivity contribution in [3.63, 3.8) is 0 Å². The van der Waals surface area contributed by atoms with E-state index in [-0.39, 0.29) is 11.8 Å². The molecule has 1 amide bonds. The van der Waals surface area contributed by atoms with Gasteiger partial charge in [-0.1, -0.05) is 24.3 Å². The zero-order chi connectivity index (χ0) is 16.8. The van der Waals surface area contributed by atoms with Gasteiger partial charge in [0.2, 0.25) is 5.91 Å². The maximum Gasteiger partial charge on any atom is 0.230 e. The zero-order valence-electron chi connectivity index (χ0n) is 14.7. The standard InChI is InChI=1S/C20H25N3O/c1-4-22(5-2)20(24)15-11-17-16-8-6-7-14-9-10-23(19(14)16)13-18(17)21(3)12-15/h6-11,15,18H,4-5,12-13H2,1-3H3. The topological polar surface area (TPSA) is 28.5 Å². The second kappa shape index (κ2) is 5.78. The first-order chi connectivity index (χ1) is 11.6. The summed E-state index contributed by atoms with van der Waals surface area (Å²) in [7, 11) is 2.15. The van der Waals surface area contributed by atoms with Crippen LogP contribution in [0.15, 0.2) is 36.5 Å². The lowest BCUT2D eigenvalue weighted by Gasteiger charge is -2.41. The van der Waals surface area contributed by atoms with Crippen molar-refractivity contribution in [2.75, 3.05) is 26.7 Å². The van der Waals surface area contributed by atoms with E-state index < -0.39 is 0 Å². The molecule has 0 bridgehead atoms. The summed E-state index contributed by atoms with van der Waals surface area (Å²) in [5, 5.41) is 1.28. The van der Waals surface area contributed by atoms with Crippen LogP contribution in [0.1, 0.15) is 19.4 Å². The van der Waals surface area contributed by atoms with E-state index in [0.29, 0.717) is 6.04 Å². The van der Waals surface area contributed by atoms with Gasteiger partial charge >= 0.3 is 0 Å². The smallest absolute Gasteiger partial charge is 0.230 e. The van der Waals surface area contributed by atoms with Gasteiger partial charge in [-0.3, -0.25) is 9.69 Å². The van der Waals surface area contributed by atoms with Gasteiger partial charge in [0.15, 0.2) is 0 Å². The molecule has 0 saturated carbocycles. The van der Waals surface area contributed by atoms with Gasteiger partial charge in [-0.25, -0.2) is 0 Å². The summed E-state index contributed by atoms with van der Waals surface area (Å²) >= 11 is 0. The normalized spacial score (nSPS) is 23.0. The first-order valence-corrected chi connectivity index (χ1v) is 8.93. The van der Waals surface area contributed by atoms with E-state index in [0.717, 1.165) is 26.2 Å². The predicted molar refractivity (Wildman–Crippen MR) is 97.8 cm³/mol. The highest BCUT2D eigenvalue weighted by atomic mass is 16.2. The van der Waals surface area contributed by atoms with Crippen LogP contribution in [0.4, 0.5) is 0 Å². The van der Waals surface area contributed by atoms with E-state index in [1.165, 1.54) is 22.0 Å². The quantitative estimate of drug-likeness (QED) is 0.869. The number of benzene rings is 1. The first kappa shape index (κ1) is 15.5. The van der Waals surface area contributed by atoms with E-state index in [2.05, 4.69) is 66.9 Å². The number of hydrogen-bond donors (Lipinski definition) is 0. The molecule has 1 aromatic heterocycles. The van der Waals surface area contributed by atoms with Crippen LogP contribution in [-0.2, 0) is 11.3 Å². The Hall–Kier alpha value is -2.07. The number of carbonyl (C=O) groups excluding carboxylic acids is 1. The molecule has 0 aliphatic carbocycles. The molecule has 0 spiro atoms. The minimum absolute atomic E-state index is 0.0436. The minimum atomic E-state index is -0.0436. The molecule has 2 aliphatic rings. The Labute approximate surface area is 143 Å². The lowest BCUT2D eigenvalue weighted by Crippen LogP contribution is -2.48. The molecule has 2 atom stereocenters. The summed E-state index contributed by atoms with van der Waals surface area (Å²) in [4.78, 5) is 17.2. The lowest BCUT2D eigenvalue weighted by atomic mass is 9.85. The summed E-state index contributed by atoms with van der Waals surface area (Å²) in [5.41, 5.74) is 3.92. The molecule has 2 aromatic rings. The summed E-state index contributed by atoms with van der Waals surface area (Å²) in [6.45, 7) is 7.43. The first-order valence-electron chi connectivity index (χ1n) is 8.93. The Kier molecular flexibility index (Phi) is 3.72. The second-order valence-electron chi connectivity index (χ2n) is 6.91. The van der Waals surface area contributed by atoms with E-state index in [4.69, 9.17) is 0 Å². The fourth-order valence-electron chi connectivity index (χ4n) is 4.31. The van der Waals surface area contributed by atoms with E-state index >= 15 is 0 Å². The maximum atomic E-state index is 12.9. The van der Waals surface area contributed by atoms with Crippen LogP contribution in [0.2, 0.25) is 0 Å². The van der Waals surface area contributed by atoms with Crippen molar-refractivity contribution in [2.45, 2.75) is 26.4 Å². The van der Waals surface area contributed by atoms with Gasteiger partial charge in [-0.15, -0.1) is 0 Å². The van der Waals surface area contributed by atoms with Gasteiger partial charge in [-0.05, 0) is 32.5 Å². The molecular formula is C20H25N3O. The average Bonchev–Trinajstić information content (AvgIpc) is 3.01. The highest BCUT2D eigenvalue weighted by Crippen LogP contribution is 2.38. The number of carbonyl (C=O) groups is 1. The van der Waals surface area contributed by atoms with Gasteiger partial charge < -0.3 is 9.47 Å². The Morgan fingerprint density at radius 1 is 1.21 bits per heavy atom. The molecule has 4 heteroatoms. The maximum absolute atomic E-state index is 12.9. The van der Waals surface area contributed by atoms with Gasteiger partial charge in [0.05, 0.1) is 17.5 Å². The third kappa shape index (κ3) is 2.20. The van der Waals surface area contributed by atoms with Crippen molar-refractivity contribution in [3.8, 4) is 0 Å². The molecule has 3 heterocycles. The van der Waals surface area contributed by atoms with Crippen LogP contribution in [-0.4, -0.2) is 53.0 Å². The highest BCUT2D eigenvalue weighted by Gasteiger charge is 2.36. The molecule has 2 aliphatic heterocycles. The molecule has 0 saturated heterocycles. The van der Waals surface area contributed by atoms with Crippen LogP contribution in [0, 0.1) is 5.92 Å². The molecule has 1 aromatic carbocycles. The molecule has 0 N–H and O–H groups in total. The van der Waals surface area contributed by atoms with Crippen molar-refractivity contribution >= 4 is 22.4 Å². The fourth-order valence-corrected chi connectivity index (χ4v) is 4.31. The monoisotopic (exact) mass is 323 g/mol. The van der Waals surface area contributed by atoms with Gasteiger partial charge in [0.25, 0.3) is 0 Å². The predicted octanol–water partition coefficient (Wildman–Crippen LogP) is 2.84. The summed E-state index contributed by atoms with van der Waals surface area (Å²) in [5.74, 6) is 0.212. The fraction of sp³-hybridized carbons (Fsp3) is 0.450. The lowest BCUT2D eigenvalue weighted by molar-refractivity contribution is -0.134. The van der Waals surface area contributed by atoms with E-state index in [1.54, 1.807) is 0 Å². The third-order valence-electron chi connectivity index (χ3n) is 5.62. The van der Waals surface area contributed by atoms with Crippen LogP contribution in [0.25, 0.3) is 16.5 Å². The molecule has 24 heavy (non-hydrogen) atoms. The molecule has 2 unspecified atom stereocenters. The Balaban J connectivity index is 1.80. The largest absolute Gasteiger partial charge is 0.345 e. The number of hydrogen-bond acceptors (Lipinski definition) is 2. The molecule has 126 valence electrons. The third-order valence-corrected chi connectivity index (χ3v) is 5.62. The summed E-state index contributed by atoms with van der Waals surface area (Å²) in [6.07, 6.45) is 4.43. The Morgan fingerprint density at radius 2 is 2.00 bits per heavy atom. The van der Waals surface area contributed by atoms with Crippen LogP contribution in [0.5, 0.6) is 0 Å². The molecule has 0 fully saturated rings. The van der Waals surface area contributed by atoms with Crippen molar-refractivity contribution in [1.29, 1.82) is 0 Å². The van der Waals surface area contributed by atoms with E-state index in [9.17, 15) is 4.79 Å². The number of nitrogens with zero attached hydrogens (tertiary/aromatic N) is 3. The molecule has 4 nitrogen and oxygen atoms in total. The second-order valence-corrected chi connectivity index (χ2v) is 6.91. The summed E-state index contributed by atoms with van der Waals surface area (Å²) in [6, 6.07) is 9.04. The number of fused-ring (bicyclic) bond motifs is 2. The molecular weight excluding hydrogens is 298 g/mol. The van der Waals surface area contributed by atoms with Gasteiger partial charge in [-0.2, -0.15) is 0 Å². The average molecular weight is 323 g/mol. The zero-order valence-corrected chi connectivity index (χ0v) is 14.7. The van der Waals surface area contributed by atoms with E-state index in [1.807, 2.05) is 4.90 Å². The van der Waals surface area contributed by atoms with Crippen LogP contribution < -0.4 is 0 Å². The number of para-hydroxylation sites is 1. The molecule has 4 rings (SSSR count). The Morgan fingerprint density at radius 3 is 2.75 bits per heavy atom. The van der Waals surface area contributed by atoms with Crippen molar-refractivity contribution < 1.29 is 4.79 Å². The molecule has 0 radical (unpaired) electrons. The van der Waals surface area contributed by atoms with Gasteiger partial charge in [0.1, 0.15) is 0 Å². The summed E-state index contributed by atoms with van der Waals surface area (Å²) < 4.78 is 2.36. The van der Waals surface area contributed by atoms with Gasteiger partial charge in [0, 0.05) is 43.3 Å². The number of amides is 1. The number of rotatable bonds is 3. The van der Waals surface area contributed by atoms with Crippen LogP contribution in [0.3, 0.4) is 0 Å². The van der Waals surface area contributed by atoms with Crippen molar-refractivity contribution in [2.24, 2.45) is 5.92 Å². The Bertz CT molecular complexity index is 815. The SMILES string of the molecule is CCN(CC)C(=O)C1C=C2c3cccc4ccn(c34)CC2N(C)C1. The van der Waals surface area contributed by atoms with Crippen molar-refractivity contribution in [1.82, 2.24) is 14.4 Å². The van der Waals surface area contributed by atoms with Crippen molar-refractivity contribution in [3.05, 3.63) is 42.1 Å². The number of aromatic nitrogens is 1. The minimum Gasteiger partial charge on any atom is -0.345 e. The van der Waals surface area contributed by atoms with Crippen LogP contribution >= 0.6 is 0 Å².